The van der Waals surface area contributed by atoms with E-state index in [1.54, 1.807) is 42.5 Å². The summed E-state index contributed by atoms with van der Waals surface area (Å²) in [6.45, 7) is 2.50. The molecule has 7 nitrogen and oxygen atoms in total. The molecule has 3 aromatic carbocycles. The molecule has 0 radical (unpaired) electrons. The Morgan fingerprint density at radius 2 is 1.69 bits per heavy atom. The monoisotopic (exact) mass is 557 g/mol. The van der Waals surface area contributed by atoms with Gasteiger partial charge in [-0.25, -0.2) is 4.90 Å². The van der Waals surface area contributed by atoms with Crippen LogP contribution in [0.3, 0.4) is 0 Å². The van der Waals surface area contributed by atoms with Crippen LogP contribution in [0.25, 0.3) is 0 Å². The number of rotatable bonds is 9. The lowest BCUT2D eigenvalue weighted by atomic mass is 10.1. The molecule has 0 saturated carbocycles. The van der Waals surface area contributed by atoms with Crippen LogP contribution >= 0.6 is 11.6 Å². The summed E-state index contributed by atoms with van der Waals surface area (Å²) in [4.78, 5) is 38.7. The van der Waals surface area contributed by atoms with Gasteiger partial charge in [-0.1, -0.05) is 48.9 Å². The summed E-state index contributed by atoms with van der Waals surface area (Å²) < 4.78 is 45.0. The number of hydrogen-bond donors (Lipinski definition) is 2. The molecule has 0 atom stereocenters. The Morgan fingerprint density at radius 3 is 2.38 bits per heavy atom. The number of anilines is 3. The molecule has 0 fully saturated rings. The van der Waals surface area contributed by atoms with E-state index in [0.717, 1.165) is 18.6 Å². The fourth-order valence-corrected chi connectivity index (χ4v) is 4.02. The highest BCUT2D eigenvalue weighted by Gasteiger charge is 2.40. The van der Waals surface area contributed by atoms with Gasteiger partial charge in [0.25, 0.3) is 11.8 Å². The molecule has 1 aliphatic heterocycles. The Bertz CT molecular complexity index is 1440. The van der Waals surface area contributed by atoms with E-state index in [4.69, 9.17) is 16.3 Å². The van der Waals surface area contributed by atoms with Crippen molar-refractivity contribution in [2.24, 2.45) is 0 Å². The van der Waals surface area contributed by atoms with Gasteiger partial charge in [-0.15, -0.1) is 0 Å². The average Bonchev–Trinajstić information content (AvgIpc) is 3.11. The van der Waals surface area contributed by atoms with E-state index >= 15 is 0 Å². The van der Waals surface area contributed by atoms with Gasteiger partial charge in [0.1, 0.15) is 16.5 Å². The second kappa shape index (κ2) is 11.6. The summed E-state index contributed by atoms with van der Waals surface area (Å²) in [5.74, 6) is -1.52. The highest BCUT2D eigenvalue weighted by atomic mass is 35.5. The number of amides is 3. The van der Waals surface area contributed by atoms with Gasteiger partial charge in [-0.05, 0) is 54.4 Å². The molecule has 3 amide bonds. The molecule has 0 bridgehead atoms. The maximum absolute atomic E-state index is 13.1. The maximum atomic E-state index is 13.1. The molecule has 0 aromatic heterocycles. The number of carbonyl (C=O) groups excluding carboxylic acids is 3. The first kappa shape index (κ1) is 27.7. The van der Waals surface area contributed by atoms with Crippen molar-refractivity contribution in [3.63, 3.8) is 0 Å². The summed E-state index contributed by atoms with van der Waals surface area (Å²) >= 11 is 6.09. The Balaban J connectivity index is 1.42. The summed E-state index contributed by atoms with van der Waals surface area (Å²) in [5, 5.41) is 5.13. The van der Waals surface area contributed by atoms with Crippen LogP contribution < -0.4 is 20.3 Å². The molecule has 2 N–H and O–H groups in total. The molecular formula is C28H23ClF3N3O4. The van der Waals surface area contributed by atoms with Crippen LogP contribution in [0.1, 0.15) is 24.5 Å². The molecular weight excluding hydrogens is 535 g/mol. The summed E-state index contributed by atoms with van der Waals surface area (Å²) in [5.41, 5.74) is 0.0912. The zero-order chi connectivity index (χ0) is 28.2. The molecule has 202 valence electrons. The van der Waals surface area contributed by atoms with Crippen LogP contribution in [0, 0.1) is 0 Å². The molecule has 0 saturated heterocycles. The first-order chi connectivity index (χ1) is 18.6. The Hall–Kier alpha value is -4.31. The average molecular weight is 558 g/mol. The van der Waals surface area contributed by atoms with Gasteiger partial charge in [-0.3, -0.25) is 14.4 Å². The molecule has 3 aromatic rings. The van der Waals surface area contributed by atoms with E-state index in [1.807, 2.05) is 13.0 Å². The highest BCUT2D eigenvalue weighted by Crippen LogP contribution is 2.35. The molecule has 0 spiro atoms. The fourth-order valence-electron chi connectivity index (χ4n) is 3.81. The quantitative estimate of drug-likeness (QED) is 0.310. The van der Waals surface area contributed by atoms with E-state index in [9.17, 15) is 27.6 Å². The predicted octanol–water partition coefficient (Wildman–Crippen LogP) is 6.11. The summed E-state index contributed by atoms with van der Waals surface area (Å²) in [7, 11) is 0. The van der Waals surface area contributed by atoms with E-state index in [1.165, 1.54) is 6.07 Å². The third-order valence-corrected chi connectivity index (χ3v) is 6.02. The van der Waals surface area contributed by atoms with Crippen LogP contribution in [0.4, 0.5) is 30.2 Å². The number of benzene rings is 3. The van der Waals surface area contributed by atoms with E-state index < -0.39 is 28.6 Å². The van der Waals surface area contributed by atoms with Gasteiger partial charge in [-0.2, -0.15) is 13.2 Å². The van der Waals surface area contributed by atoms with Gasteiger partial charge >= 0.3 is 6.18 Å². The van der Waals surface area contributed by atoms with Crippen molar-refractivity contribution in [1.82, 2.24) is 0 Å². The zero-order valence-electron chi connectivity index (χ0n) is 20.6. The normalized spacial score (nSPS) is 13.6. The highest BCUT2D eigenvalue weighted by molar-refractivity contribution is 6.53. The van der Waals surface area contributed by atoms with E-state index in [0.29, 0.717) is 40.3 Å². The lowest BCUT2D eigenvalue weighted by molar-refractivity contribution is -0.137. The third-order valence-electron chi connectivity index (χ3n) is 5.67. The standard InChI is InChI=1S/C28H23ClF3N3O4/c1-2-14-39-22-9-4-3-8-21(22)34-23(36)15-17-10-12-19(13-11-17)33-25-24(29)26(37)35(27(25)38)20-7-5-6-18(16-20)28(30,31)32/h3-13,16,33H,2,14-15H2,1H3,(H,34,36). The number of ether oxygens (including phenoxy) is 1. The molecule has 11 heteroatoms. The van der Waals surface area contributed by atoms with Crippen molar-refractivity contribution < 1.29 is 32.3 Å². The van der Waals surface area contributed by atoms with Crippen LogP contribution in [-0.4, -0.2) is 24.3 Å². The van der Waals surface area contributed by atoms with E-state index in [2.05, 4.69) is 10.6 Å². The topological polar surface area (TPSA) is 87.7 Å². The number of nitrogens with one attached hydrogen (secondary N) is 2. The molecule has 39 heavy (non-hydrogen) atoms. The van der Waals surface area contributed by atoms with Crippen LogP contribution in [-0.2, 0) is 27.0 Å². The van der Waals surface area contributed by atoms with E-state index in [-0.39, 0.29) is 23.7 Å². The third kappa shape index (κ3) is 6.40. The number of carbonyl (C=O) groups is 3. The second-order valence-electron chi connectivity index (χ2n) is 8.57. The van der Waals surface area contributed by atoms with Gasteiger partial charge in [0.05, 0.1) is 30.0 Å². The van der Waals surface area contributed by atoms with Crippen molar-refractivity contribution in [1.29, 1.82) is 0 Å². The maximum Gasteiger partial charge on any atom is 0.416 e. The van der Waals surface area contributed by atoms with Gasteiger partial charge in [0.15, 0.2) is 0 Å². The number of halogens is 4. The number of nitrogens with zero attached hydrogens (tertiary/aromatic N) is 1. The minimum Gasteiger partial charge on any atom is -0.491 e. The van der Waals surface area contributed by atoms with Crippen molar-refractivity contribution in [3.05, 3.63) is 94.7 Å². The van der Waals surface area contributed by atoms with Crippen molar-refractivity contribution in [3.8, 4) is 5.75 Å². The van der Waals surface area contributed by atoms with Gasteiger partial charge in [0, 0.05) is 5.69 Å². The Morgan fingerprint density at radius 1 is 0.974 bits per heavy atom. The number of para-hydroxylation sites is 2. The number of alkyl halides is 3. The van der Waals surface area contributed by atoms with Crippen LogP contribution in [0.2, 0.25) is 0 Å². The lowest BCUT2D eigenvalue weighted by Crippen LogP contribution is -2.32. The molecule has 1 aliphatic rings. The molecule has 4 rings (SSSR count). The summed E-state index contributed by atoms with van der Waals surface area (Å²) in [6, 6.07) is 17.5. The largest absolute Gasteiger partial charge is 0.491 e. The van der Waals surface area contributed by atoms with Crippen molar-refractivity contribution in [2.45, 2.75) is 25.9 Å². The molecule has 0 unspecified atom stereocenters. The number of hydrogen-bond acceptors (Lipinski definition) is 5. The first-order valence-electron chi connectivity index (χ1n) is 11.9. The fraction of sp³-hybridized carbons (Fsp3) is 0.179. The lowest BCUT2D eigenvalue weighted by Gasteiger charge is -2.17. The van der Waals surface area contributed by atoms with Crippen LogP contribution in [0.5, 0.6) is 5.75 Å². The predicted molar refractivity (Wildman–Crippen MR) is 141 cm³/mol. The minimum atomic E-state index is -4.65. The van der Waals surface area contributed by atoms with Crippen LogP contribution in [0.15, 0.2) is 83.5 Å². The first-order valence-corrected chi connectivity index (χ1v) is 12.3. The SMILES string of the molecule is CCCOc1ccccc1NC(=O)Cc1ccc(NC2=C(Cl)C(=O)N(c3cccc(C(F)(F)F)c3)C2=O)cc1. The van der Waals surface area contributed by atoms with Crippen molar-refractivity contribution >= 4 is 46.4 Å². The summed E-state index contributed by atoms with van der Waals surface area (Å²) in [6.07, 6.45) is -3.76. The van der Waals surface area contributed by atoms with Gasteiger partial charge in [0.2, 0.25) is 5.91 Å². The zero-order valence-corrected chi connectivity index (χ0v) is 21.4. The molecule has 1 heterocycles. The van der Waals surface area contributed by atoms with Gasteiger partial charge < -0.3 is 15.4 Å². The second-order valence-corrected chi connectivity index (χ2v) is 8.95. The number of imide groups is 1. The van der Waals surface area contributed by atoms with Crippen molar-refractivity contribution in [2.75, 3.05) is 22.1 Å². The molecule has 0 aliphatic carbocycles. The Labute approximate surface area is 227 Å². The minimum absolute atomic E-state index is 0.0621. The smallest absolute Gasteiger partial charge is 0.416 e. The Kier molecular flexibility index (Phi) is 8.25.